The second-order valence-corrected chi connectivity index (χ2v) is 6.88. The number of fused-ring (bicyclic) bond motifs is 2. The highest BCUT2D eigenvalue weighted by Gasteiger charge is 2.20. The van der Waals surface area contributed by atoms with E-state index in [2.05, 4.69) is 15.4 Å². The van der Waals surface area contributed by atoms with Crippen LogP contribution in [0.3, 0.4) is 0 Å². The van der Waals surface area contributed by atoms with E-state index >= 15 is 0 Å². The van der Waals surface area contributed by atoms with Crippen molar-refractivity contribution in [2.75, 3.05) is 27.2 Å². The van der Waals surface area contributed by atoms with Crippen molar-refractivity contribution < 1.29 is 33.3 Å². The molecule has 2 aliphatic rings. The maximum atomic E-state index is 12.3. The summed E-state index contributed by atoms with van der Waals surface area (Å²) in [6.45, 7) is 0.199. The largest absolute Gasteiger partial charge is 0.468 e. The SMILES string of the molecule is COC(=O)CNC(=O)NC(Cc1ccc2c(c1)OCO2)Cc1ccc2c(c1)OCO2. The van der Waals surface area contributed by atoms with E-state index in [1.54, 1.807) is 0 Å². The standard InChI is InChI=1S/C21H22N2O7/c1-26-20(24)10-22-21(25)23-15(6-13-2-4-16-18(8-13)29-11-27-16)7-14-3-5-17-19(9-14)30-12-28-17/h2-5,8-9,15H,6-7,10-12H2,1H3,(H2,22,23,25). The van der Waals surface area contributed by atoms with Gasteiger partial charge in [0.2, 0.25) is 13.6 Å². The summed E-state index contributed by atoms with van der Waals surface area (Å²) in [5.41, 5.74) is 1.97. The fraction of sp³-hybridized carbons (Fsp3) is 0.333. The van der Waals surface area contributed by atoms with Crippen LogP contribution in [-0.2, 0) is 22.4 Å². The first-order valence-electron chi connectivity index (χ1n) is 9.49. The zero-order valence-corrected chi connectivity index (χ0v) is 16.4. The molecule has 0 fully saturated rings. The monoisotopic (exact) mass is 414 g/mol. The molecule has 30 heavy (non-hydrogen) atoms. The lowest BCUT2D eigenvalue weighted by molar-refractivity contribution is -0.139. The molecule has 2 aliphatic heterocycles. The maximum absolute atomic E-state index is 12.3. The first-order chi connectivity index (χ1) is 14.6. The summed E-state index contributed by atoms with van der Waals surface area (Å²) >= 11 is 0. The summed E-state index contributed by atoms with van der Waals surface area (Å²) in [5, 5.41) is 5.43. The van der Waals surface area contributed by atoms with Crippen LogP contribution in [0.5, 0.6) is 23.0 Å². The number of hydrogen-bond donors (Lipinski definition) is 2. The normalized spacial score (nSPS) is 13.3. The van der Waals surface area contributed by atoms with Crippen LogP contribution < -0.4 is 29.6 Å². The molecule has 2 aromatic rings. The Morgan fingerprint density at radius 3 is 1.97 bits per heavy atom. The van der Waals surface area contributed by atoms with Crippen LogP contribution in [0.25, 0.3) is 0 Å². The predicted molar refractivity (Wildman–Crippen MR) is 105 cm³/mol. The van der Waals surface area contributed by atoms with E-state index in [-0.39, 0.29) is 26.2 Å². The Morgan fingerprint density at radius 2 is 1.43 bits per heavy atom. The number of urea groups is 1. The fourth-order valence-corrected chi connectivity index (χ4v) is 3.34. The lowest BCUT2D eigenvalue weighted by Crippen LogP contribution is -2.45. The summed E-state index contributed by atoms with van der Waals surface area (Å²) in [7, 11) is 1.27. The highest BCUT2D eigenvalue weighted by atomic mass is 16.7. The lowest BCUT2D eigenvalue weighted by atomic mass is 9.98. The van der Waals surface area contributed by atoms with Crippen LogP contribution in [0, 0.1) is 0 Å². The second kappa shape index (κ2) is 8.81. The Balaban J connectivity index is 1.47. The quantitative estimate of drug-likeness (QED) is 0.666. The van der Waals surface area contributed by atoms with Gasteiger partial charge >= 0.3 is 12.0 Å². The van der Waals surface area contributed by atoms with Gasteiger partial charge in [0.05, 0.1) is 7.11 Å². The molecule has 0 saturated carbocycles. The van der Waals surface area contributed by atoms with Gasteiger partial charge in [0.1, 0.15) is 6.54 Å². The van der Waals surface area contributed by atoms with Crippen molar-refractivity contribution in [1.29, 1.82) is 0 Å². The number of esters is 1. The fourth-order valence-electron chi connectivity index (χ4n) is 3.34. The van der Waals surface area contributed by atoms with E-state index in [1.807, 2.05) is 36.4 Å². The highest BCUT2D eigenvalue weighted by molar-refractivity contribution is 5.80. The Morgan fingerprint density at radius 1 is 0.900 bits per heavy atom. The van der Waals surface area contributed by atoms with Crippen LogP contribution >= 0.6 is 0 Å². The summed E-state index contributed by atoms with van der Waals surface area (Å²) < 4.78 is 26.1. The smallest absolute Gasteiger partial charge is 0.325 e. The van der Waals surface area contributed by atoms with E-state index in [0.717, 1.165) is 11.1 Å². The number of methoxy groups -OCH3 is 1. The van der Waals surface area contributed by atoms with E-state index in [4.69, 9.17) is 18.9 Å². The lowest BCUT2D eigenvalue weighted by Gasteiger charge is -2.20. The molecular formula is C21H22N2O7. The molecule has 158 valence electrons. The minimum Gasteiger partial charge on any atom is -0.468 e. The Hall–Kier alpha value is -3.62. The van der Waals surface area contributed by atoms with Crippen molar-refractivity contribution in [3.8, 4) is 23.0 Å². The summed E-state index contributed by atoms with van der Waals surface area (Å²) in [6.07, 6.45) is 1.10. The van der Waals surface area contributed by atoms with E-state index in [0.29, 0.717) is 35.8 Å². The summed E-state index contributed by atoms with van der Waals surface area (Å²) in [4.78, 5) is 23.6. The molecule has 0 saturated heterocycles. The van der Waals surface area contributed by atoms with E-state index in [1.165, 1.54) is 7.11 Å². The van der Waals surface area contributed by atoms with Gasteiger partial charge in [-0.25, -0.2) is 4.79 Å². The Kier molecular flexibility index (Phi) is 5.78. The Labute approximate surface area is 173 Å². The minimum atomic E-state index is -0.520. The first kappa shape index (κ1) is 19.7. The molecule has 2 N–H and O–H groups in total. The molecule has 2 heterocycles. The number of carbonyl (C=O) groups excluding carboxylic acids is 2. The molecule has 0 spiro atoms. The topological polar surface area (TPSA) is 104 Å². The Bertz CT molecular complexity index is 887. The molecule has 0 aromatic heterocycles. The zero-order chi connectivity index (χ0) is 20.9. The number of hydrogen-bond acceptors (Lipinski definition) is 7. The van der Waals surface area contributed by atoms with Crippen molar-refractivity contribution >= 4 is 12.0 Å². The molecule has 4 rings (SSSR count). The molecule has 2 aromatic carbocycles. The van der Waals surface area contributed by atoms with Crippen LogP contribution in [0.2, 0.25) is 0 Å². The molecular weight excluding hydrogens is 392 g/mol. The first-order valence-corrected chi connectivity index (χ1v) is 9.49. The van der Waals surface area contributed by atoms with Crippen molar-refractivity contribution in [3.63, 3.8) is 0 Å². The number of nitrogens with one attached hydrogen (secondary N) is 2. The van der Waals surface area contributed by atoms with Gasteiger partial charge in [0, 0.05) is 6.04 Å². The molecule has 0 unspecified atom stereocenters. The van der Waals surface area contributed by atoms with Gasteiger partial charge in [0.15, 0.2) is 23.0 Å². The van der Waals surface area contributed by atoms with E-state index in [9.17, 15) is 9.59 Å². The van der Waals surface area contributed by atoms with Gasteiger partial charge < -0.3 is 34.3 Å². The third-order valence-corrected chi connectivity index (χ3v) is 4.79. The van der Waals surface area contributed by atoms with Gasteiger partial charge in [-0.1, -0.05) is 12.1 Å². The summed E-state index contributed by atoms with van der Waals surface area (Å²) in [6, 6.07) is 10.7. The summed E-state index contributed by atoms with van der Waals surface area (Å²) in [5.74, 6) is 2.26. The number of carbonyl (C=O) groups is 2. The second-order valence-electron chi connectivity index (χ2n) is 6.88. The van der Waals surface area contributed by atoms with Gasteiger partial charge in [-0.05, 0) is 48.2 Å². The molecule has 0 aliphatic carbocycles. The average Bonchev–Trinajstić information content (AvgIpc) is 3.40. The average molecular weight is 414 g/mol. The number of benzene rings is 2. The molecule has 9 nitrogen and oxygen atoms in total. The minimum absolute atomic E-state index is 0.202. The molecule has 0 bridgehead atoms. The van der Waals surface area contributed by atoms with Crippen LogP contribution in [0.4, 0.5) is 4.79 Å². The predicted octanol–water partition coefficient (Wildman–Crippen LogP) is 1.77. The van der Waals surface area contributed by atoms with Gasteiger partial charge in [-0.2, -0.15) is 0 Å². The van der Waals surface area contributed by atoms with Crippen LogP contribution in [-0.4, -0.2) is 45.3 Å². The van der Waals surface area contributed by atoms with Crippen molar-refractivity contribution in [1.82, 2.24) is 10.6 Å². The molecule has 0 radical (unpaired) electrons. The third kappa shape index (κ3) is 4.68. The van der Waals surface area contributed by atoms with Crippen molar-refractivity contribution in [3.05, 3.63) is 47.5 Å². The number of amides is 2. The van der Waals surface area contributed by atoms with Gasteiger partial charge in [-0.3, -0.25) is 4.79 Å². The molecule has 0 atom stereocenters. The van der Waals surface area contributed by atoms with Gasteiger partial charge in [0.25, 0.3) is 0 Å². The van der Waals surface area contributed by atoms with Crippen LogP contribution in [0.1, 0.15) is 11.1 Å². The maximum Gasteiger partial charge on any atom is 0.325 e. The number of rotatable bonds is 7. The van der Waals surface area contributed by atoms with E-state index < -0.39 is 12.0 Å². The zero-order valence-electron chi connectivity index (χ0n) is 16.4. The third-order valence-electron chi connectivity index (χ3n) is 4.79. The molecule has 9 heteroatoms. The van der Waals surface area contributed by atoms with Crippen molar-refractivity contribution in [2.24, 2.45) is 0 Å². The molecule has 2 amide bonds. The van der Waals surface area contributed by atoms with Crippen LogP contribution in [0.15, 0.2) is 36.4 Å². The number of ether oxygens (including phenoxy) is 5. The van der Waals surface area contributed by atoms with Gasteiger partial charge in [-0.15, -0.1) is 0 Å². The van der Waals surface area contributed by atoms with Crippen molar-refractivity contribution in [2.45, 2.75) is 18.9 Å². The highest BCUT2D eigenvalue weighted by Crippen LogP contribution is 2.34.